The average Bonchev–Trinajstić information content (AvgIpc) is 2.66. The maximum Gasteiger partial charge on any atom is 0.573 e. The van der Waals surface area contributed by atoms with Gasteiger partial charge in [-0.2, -0.15) is 0 Å². The molecular weight excluding hydrogens is 407 g/mol. The van der Waals surface area contributed by atoms with Crippen molar-refractivity contribution in [2.75, 3.05) is 11.9 Å². The minimum Gasteiger partial charge on any atom is -0.540 e. The van der Waals surface area contributed by atoms with E-state index in [-0.39, 0.29) is 25.1 Å². The van der Waals surface area contributed by atoms with Gasteiger partial charge in [-0.05, 0) is 54.3 Å². The SMILES string of the molecule is CCOC(=O)CCc1cc(NC(=O)C(=O)[O-])ccc1-c1ccc(OC(F)(F)F)cc1. The van der Waals surface area contributed by atoms with Crippen molar-refractivity contribution in [1.82, 2.24) is 0 Å². The molecule has 10 heteroatoms. The van der Waals surface area contributed by atoms with Gasteiger partial charge in [0.15, 0.2) is 0 Å². The van der Waals surface area contributed by atoms with Gasteiger partial charge in [0, 0.05) is 12.1 Å². The van der Waals surface area contributed by atoms with Crippen molar-refractivity contribution in [3.05, 3.63) is 48.0 Å². The van der Waals surface area contributed by atoms with Crippen LogP contribution in [0.4, 0.5) is 18.9 Å². The molecule has 1 amide bonds. The number of carboxylic acids is 1. The van der Waals surface area contributed by atoms with Crippen molar-refractivity contribution in [1.29, 1.82) is 0 Å². The molecule has 0 heterocycles. The number of hydrogen-bond donors (Lipinski definition) is 1. The number of alkyl halides is 3. The zero-order valence-electron chi connectivity index (χ0n) is 15.7. The monoisotopic (exact) mass is 424 g/mol. The number of nitrogens with one attached hydrogen (secondary N) is 1. The maximum atomic E-state index is 12.3. The minimum absolute atomic E-state index is 0.00793. The highest BCUT2D eigenvalue weighted by Gasteiger charge is 2.31. The van der Waals surface area contributed by atoms with Crippen molar-refractivity contribution in [3.63, 3.8) is 0 Å². The molecule has 0 aliphatic carbocycles. The van der Waals surface area contributed by atoms with E-state index in [1.165, 1.54) is 24.3 Å². The van der Waals surface area contributed by atoms with E-state index in [4.69, 9.17) is 4.74 Å². The van der Waals surface area contributed by atoms with Crippen LogP contribution in [0.2, 0.25) is 0 Å². The quantitative estimate of drug-likeness (QED) is 0.541. The third-order valence-electron chi connectivity index (χ3n) is 3.85. The second-order valence-corrected chi connectivity index (χ2v) is 5.99. The van der Waals surface area contributed by atoms with Crippen molar-refractivity contribution < 1.29 is 42.1 Å². The Bertz CT molecular complexity index is 925. The smallest absolute Gasteiger partial charge is 0.540 e. The van der Waals surface area contributed by atoms with E-state index in [1.807, 2.05) is 0 Å². The van der Waals surface area contributed by atoms with E-state index in [0.29, 0.717) is 16.7 Å². The molecule has 7 nitrogen and oxygen atoms in total. The summed E-state index contributed by atoms with van der Waals surface area (Å²) in [6, 6.07) is 9.53. The Hall–Kier alpha value is -3.56. The lowest BCUT2D eigenvalue weighted by Crippen LogP contribution is -2.36. The average molecular weight is 424 g/mol. The number of hydrogen-bond acceptors (Lipinski definition) is 6. The molecule has 0 aromatic heterocycles. The maximum absolute atomic E-state index is 12.3. The van der Waals surface area contributed by atoms with Crippen LogP contribution >= 0.6 is 0 Å². The predicted octanol–water partition coefficient (Wildman–Crippen LogP) is 2.44. The number of aryl methyl sites for hydroxylation is 1. The van der Waals surface area contributed by atoms with Gasteiger partial charge in [-0.3, -0.25) is 9.59 Å². The van der Waals surface area contributed by atoms with Crippen LogP contribution in [0.15, 0.2) is 42.5 Å². The van der Waals surface area contributed by atoms with Gasteiger partial charge in [0.05, 0.1) is 6.61 Å². The number of carboxylic acid groups (broad SMARTS) is 1. The summed E-state index contributed by atoms with van der Waals surface area (Å²) in [5.74, 6) is -4.10. The standard InChI is InChI=1S/C20H18F3NO6/c1-2-29-17(25)10-5-13-11-14(24-18(26)19(27)28)6-9-16(13)12-3-7-15(8-4-12)30-20(21,22)23/h3-4,6-9,11H,2,5,10H2,1H3,(H,24,26)(H,27,28)/p-1. The summed E-state index contributed by atoms with van der Waals surface area (Å²) in [6.45, 7) is 1.86. The normalized spacial score (nSPS) is 10.9. The van der Waals surface area contributed by atoms with Gasteiger partial charge in [0.2, 0.25) is 0 Å². The molecule has 0 unspecified atom stereocenters. The summed E-state index contributed by atoms with van der Waals surface area (Å²) in [4.78, 5) is 33.6. The molecule has 0 fully saturated rings. The zero-order valence-corrected chi connectivity index (χ0v) is 15.7. The molecule has 0 radical (unpaired) electrons. The molecule has 2 rings (SSSR count). The summed E-state index contributed by atoms with van der Waals surface area (Å²) in [7, 11) is 0. The molecule has 0 aliphatic heterocycles. The Morgan fingerprint density at radius 1 is 1.07 bits per heavy atom. The van der Waals surface area contributed by atoms with Gasteiger partial charge in [-0.1, -0.05) is 18.2 Å². The summed E-state index contributed by atoms with van der Waals surface area (Å²) in [6.07, 6.45) is -4.62. The lowest BCUT2D eigenvalue weighted by atomic mass is 9.96. The summed E-state index contributed by atoms with van der Waals surface area (Å²) in [5, 5.41) is 12.8. The number of rotatable bonds is 7. The zero-order chi connectivity index (χ0) is 22.3. The highest BCUT2D eigenvalue weighted by atomic mass is 19.4. The highest BCUT2D eigenvalue weighted by Crippen LogP contribution is 2.30. The third kappa shape index (κ3) is 6.80. The van der Waals surface area contributed by atoms with Crippen LogP contribution < -0.4 is 15.2 Å². The molecule has 0 spiro atoms. The lowest BCUT2D eigenvalue weighted by molar-refractivity contribution is -0.299. The van der Waals surface area contributed by atoms with Crippen molar-refractivity contribution in [2.45, 2.75) is 26.1 Å². The number of carbonyl (C=O) groups excluding carboxylic acids is 3. The van der Waals surface area contributed by atoms with Gasteiger partial charge >= 0.3 is 12.3 Å². The van der Waals surface area contributed by atoms with E-state index < -0.39 is 30.0 Å². The third-order valence-corrected chi connectivity index (χ3v) is 3.85. The van der Waals surface area contributed by atoms with Crippen LogP contribution in [-0.2, 0) is 25.5 Å². The molecule has 0 saturated carbocycles. The molecule has 2 aromatic rings. The van der Waals surface area contributed by atoms with E-state index in [9.17, 15) is 32.7 Å². The lowest BCUT2D eigenvalue weighted by Gasteiger charge is -2.14. The largest absolute Gasteiger partial charge is 0.573 e. The molecule has 2 aromatic carbocycles. The first-order chi connectivity index (χ1) is 14.1. The second-order valence-electron chi connectivity index (χ2n) is 5.99. The molecule has 0 atom stereocenters. The minimum atomic E-state index is -4.81. The van der Waals surface area contributed by atoms with E-state index >= 15 is 0 Å². The number of amides is 1. The number of ether oxygens (including phenoxy) is 2. The fourth-order valence-corrected chi connectivity index (χ4v) is 2.65. The number of anilines is 1. The van der Waals surface area contributed by atoms with Gasteiger partial charge in [0.25, 0.3) is 5.91 Å². The first-order valence-electron chi connectivity index (χ1n) is 8.76. The van der Waals surface area contributed by atoms with Gasteiger partial charge in [0.1, 0.15) is 11.7 Å². The predicted molar refractivity (Wildman–Crippen MR) is 97.2 cm³/mol. The number of benzene rings is 2. The fourth-order valence-electron chi connectivity index (χ4n) is 2.65. The van der Waals surface area contributed by atoms with Crippen molar-refractivity contribution in [2.24, 2.45) is 0 Å². The van der Waals surface area contributed by atoms with Crippen LogP contribution in [0.5, 0.6) is 5.75 Å². The molecule has 0 saturated heterocycles. The van der Waals surface area contributed by atoms with Crippen molar-refractivity contribution >= 4 is 23.5 Å². The molecule has 1 N–H and O–H groups in total. The Morgan fingerprint density at radius 2 is 1.73 bits per heavy atom. The topological polar surface area (TPSA) is 105 Å². The molecule has 0 bridgehead atoms. The summed E-state index contributed by atoms with van der Waals surface area (Å²) in [5.41, 5.74) is 1.80. The van der Waals surface area contributed by atoms with Crippen molar-refractivity contribution in [3.8, 4) is 16.9 Å². The van der Waals surface area contributed by atoms with Crippen LogP contribution in [0.1, 0.15) is 18.9 Å². The van der Waals surface area contributed by atoms with E-state index in [0.717, 1.165) is 12.1 Å². The van der Waals surface area contributed by atoms with Gasteiger partial charge in [-0.25, -0.2) is 0 Å². The van der Waals surface area contributed by atoms with Crippen LogP contribution in [0.3, 0.4) is 0 Å². The second kappa shape index (κ2) is 9.77. The summed E-state index contributed by atoms with van der Waals surface area (Å²) >= 11 is 0. The van der Waals surface area contributed by atoms with Crippen LogP contribution in [-0.4, -0.2) is 30.8 Å². The van der Waals surface area contributed by atoms with Crippen LogP contribution in [0.25, 0.3) is 11.1 Å². The Balaban J connectivity index is 2.32. The molecular formula is C20H17F3NO6-. The highest BCUT2D eigenvalue weighted by molar-refractivity contribution is 6.35. The fraction of sp³-hybridized carbons (Fsp3) is 0.250. The Morgan fingerprint density at radius 3 is 2.30 bits per heavy atom. The van der Waals surface area contributed by atoms with E-state index in [2.05, 4.69) is 10.1 Å². The number of halogens is 3. The van der Waals surface area contributed by atoms with Gasteiger partial charge in [-0.15, -0.1) is 13.2 Å². The van der Waals surface area contributed by atoms with Crippen LogP contribution in [0, 0.1) is 0 Å². The number of carbonyl (C=O) groups is 3. The Kier molecular flexibility index (Phi) is 7.40. The number of esters is 1. The first kappa shape index (κ1) is 22.7. The number of aliphatic carboxylic acids is 1. The van der Waals surface area contributed by atoms with Gasteiger partial charge < -0.3 is 24.7 Å². The Labute approximate surface area is 169 Å². The first-order valence-corrected chi connectivity index (χ1v) is 8.76. The molecule has 30 heavy (non-hydrogen) atoms. The molecule has 160 valence electrons. The molecule has 0 aliphatic rings. The van der Waals surface area contributed by atoms with E-state index in [1.54, 1.807) is 13.0 Å². The summed E-state index contributed by atoms with van der Waals surface area (Å²) < 4.78 is 45.7.